The molecule has 0 bridgehead atoms. The molecule has 0 radical (unpaired) electrons. The molecular formula is C19H32N4O11. The second-order valence-electron chi connectivity index (χ2n) is 7.83. The molecule has 0 aromatic rings. The van der Waals surface area contributed by atoms with Gasteiger partial charge in [0.2, 0.25) is 23.6 Å². The van der Waals surface area contributed by atoms with E-state index in [1.165, 1.54) is 13.8 Å². The molecule has 1 aliphatic heterocycles. The molecule has 1 fully saturated rings. The van der Waals surface area contributed by atoms with Crippen LogP contribution in [-0.2, 0) is 33.4 Å². The Morgan fingerprint density at radius 3 is 2.21 bits per heavy atom. The van der Waals surface area contributed by atoms with Crippen molar-refractivity contribution >= 4 is 29.6 Å². The maximum Gasteiger partial charge on any atom is 0.303 e. The van der Waals surface area contributed by atoms with Crippen molar-refractivity contribution in [3.8, 4) is 0 Å². The maximum atomic E-state index is 12.5. The standard InChI is InChI=1S/C19H32N4O11/c1-7(17(30)23-10(16(20)29)4-5-12(26)27)21-18(31)8(2)33-15-13(22-9(3)25)19(32)34-11(6-24)14(15)28/h7-8,10-11,13-15,19,24,28,32H,4-6H2,1-3H3,(H2,20,29)(H,21,31)(H,22,25)(H,23,30)(H,26,27)/t7-,8?,10+,11+,13+,14+,15+,19-/m0/s1. The molecule has 194 valence electrons. The Labute approximate surface area is 195 Å². The van der Waals surface area contributed by atoms with Crippen LogP contribution in [0.4, 0.5) is 0 Å². The number of ether oxygens (including phenoxy) is 2. The Morgan fingerprint density at radius 1 is 1.09 bits per heavy atom. The van der Waals surface area contributed by atoms with Gasteiger partial charge in [0.15, 0.2) is 6.29 Å². The first-order valence-corrected chi connectivity index (χ1v) is 10.4. The quantitative estimate of drug-likeness (QED) is 0.129. The summed E-state index contributed by atoms with van der Waals surface area (Å²) >= 11 is 0. The average Bonchev–Trinajstić information content (AvgIpc) is 2.74. The fourth-order valence-corrected chi connectivity index (χ4v) is 3.18. The number of hydrogen-bond acceptors (Lipinski definition) is 10. The van der Waals surface area contributed by atoms with Crippen LogP contribution in [0.2, 0.25) is 0 Å². The van der Waals surface area contributed by atoms with Gasteiger partial charge in [-0.3, -0.25) is 24.0 Å². The Hall–Kier alpha value is -2.85. The van der Waals surface area contributed by atoms with Crippen molar-refractivity contribution in [2.75, 3.05) is 6.61 Å². The van der Waals surface area contributed by atoms with Crippen LogP contribution in [0.15, 0.2) is 0 Å². The van der Waals surface area contributed by atoms with Gasteiger partial charge in [0.1, 0.15) is 42.5 Å². The van der Waals surface area contributed by atoms with Gasteiger partial charge in [0, 0.05) is 13.3 Å². The van der Waals surface area contributed by atoms with Gasteiger partial charge in [-0.15, -0.1) is 0 Å². The third-order valence-corrected chi connectivity index (χ3v) is 5.03. The third-order valence-electron chi connectivity index (χ3n) is 5.03. The Bertz CT molecular complexity index is 765. The van der Waals surface area contributed by atoms with Crippen LogP contribution in [0, 0.1) is 0 Å². The van der Waals surface area contributed by atoms with E-state index < -0.39 is 91.5 Å². The van der Waals surface area contributed by atoms with Crippen LogP contribution < -0.4 is 21.7 Å². The molecule has 1 aliphatic rings. The van der Waals surface area contributed by atoms with Crippen molar-refractivity contribution in [1.82, 2.24) is 16.0 Å². The summed E-state index contributed by atoms with van der Waals surface area (Å²) in [7, 11) is 0. The van der Waals surface area contributed by atoms with Crippen molar-refractivity contribution in [2.24, 2.45) is 5.73 Å². The van der Waals surface area contributed by atoms with Gasteiger partial charge in [-0.2, -0.15) is 0 Å². The molecule has 0 aliphatic carbocycles. The van der Waals surface area contributed by atoms with E-state index in [-0.39, 0.29) is 6.42 Å². The van der Waals surface area contributed by atoms with E-state index in [0.29, 0.717) is 0 Å². The lowest BCUT2D eigenvalue weighted by Crippen LogP contribution is -2.65. The molecule has 0 saturated carbocycles. The number of hydrogen-bond donors (Lipinski definition) is 8. The number of rotatable bonds is 12. The van der Waals surface area contributed by atoms with Gasteiger partial charge in [-0.25, -0.2) is 0 Å². The predicted octanol–water partition coefficient (Wildman–Crippen LogP) is -4.33. The highest BCUT2D eigenvalue weighted by molar-refractivity contribution is 5.92. The summed E-state index contributed by atoms with van der Waals surface area (Å²) in [6, 6.07) is -3.71. The molecule has 1 heterocycles. The van der Waals surface area contributed by atoms with Crippen molar-refractivity contribution < 1.29 is 53.9 Å². The summed E-state index contributed by atoms with van der Waals surface area (Å²) in [5.41, 5.74) is 5.16. The van der Waals surface area contributed by atoms with Gasteiger partial charge in [0.25, 0.3) is 0 Å². The van der Waals surface area contributed by atoms with E-state index in [1.54, 1.807) is 0 Å². The first-order chi connectivity index (χ1) is 15.8. The first kappa shape index (κ1) is 29.2. The highest BCUT2D eigenvalue weighted by Gasteiger charge is 2.47. The fourth-order valence-electron chi connectivity index (χ4n) is 3.18. The van der Waals surface area contributed by atoms with Crippen LogP contribution in [0.3, 0.4) is 0 Å². The molecule has 1 unspecified atom stereocenters. The zero-order valence-corrected chi connectivity index (χ0v) is 19.0. The monoisotopic (exact) mass is 492 g/mol. The van der Waals surface area contributed by atoms with Crippen molar-refractivity contribution in [3.63, 3.8) is 0 Å². The number of nitrogens with two attached hydrogens (primary N) is 1. The summed E-state index contributed by atoms with van der Waals surface area (Å²) in [4.78, 5) is 58.4. The zero-order chi connectivity index (χ0) is 26.2. The van der Waals surface area contributed by atoms with E-state index in [4.69, 9.17) is 20.3 Å². The lowest BCUT2D eigenvalue weighted by atomic mass is 9.96. The highest BCUT2D eigenvalue weighted by atomic mass is 16.6. The number of carboxylic acid groups (broad SMARTS) is 1. The molecule has 15 nitrogen and oxygen atoms in total. The van der Waals surface area contributed by atoms with Gasteiger partial charge in [0.05, 0.1) is 6.61 Å². The Balaban J connectivity index is 2.80. The molecule has 9 N–H and O–H groups in total. The molecule has 1 saturated heterocycles. The molecule has 8 atom stereocenters. The number of amides is 4. The second kappa shape index (κ2) is 13.1. The van der Waals surface area contributed by atoms with Crippen molar-refractivity contribution in [3.05, 3.63) is 0 Å². The molecule has 15 heteroatoms. The third kappa shape index (κ3) is 8.49. The number of carboxylic acids is 1. The minimum absolute atomic E-state index is 0.239. The van der Waals surface area contributed by atoms with Gasteiger partial charge in [-0.05, 0) is 20.3 Å². The molecular weight excluding hydrogens is 460 g/mol. The van der Waals surface area contributed by atoms with E-state index >= 15 is 0 Å². The first-order valence-electron chi connectivity index (χ1n) is 10.4. The summed E-state index contributed by atoms with van der Waals surface area (Å²) in [5.74, 6) is -4.34. The van der Waals surface area contributed by atoms with Gasteiger partial charge >= 0.3 is 5.97 Å². The van der Waals surface area contributed by atoms with E-state index in [2.05, 4.69) is 16.0 Å². The zero-order valence-electron chi connectivity index (χ0n) is 19.0. The Kier molecular flexibility index (Phi) is 11.3. The number of aliphatic hydroxyl groups is 3. The van der Waals surface area contributed by atoms with E-state index in [9.17, 15) is 39.3 Å². The lowest BCUT2D eigenvalue weighted by Gasteiger charge is -2.43. The van der Waals surface area contributed by atoms with E-state index in [1.807, 2.05) is 0 Å². The summed E-state index contributed by atoms with van der Waals surface area (Å²) < 4.78 is 10.6. The number of aliphatic hydroxyl groups excluding tert-OH is 3. The predicted molar refractivity (Wildman–Crippen MR) is 112 cm³/mol. The minimum Gasteiger partial charge on any atom is -0.481 e. The summed E-state index contributed by atoms with van der Waals surface area (Å²) in [6.45, 7) is 3.06. The SMILES string of the molecule is CC(=O)N[C@@H]1[C@@H](OC(C)C(=O)N[C@@H](C)C(=O)N[C@H](CCC(=O)O)C(N)=O)[C@H](O)[C@@H](CO)O[C@@H]1O. The minimum atomic E-state index is -1.65. The average molecular weight is 492 g/mol. The molecule has 34 heavy (non-hydrogen) atoms. The number of carbonyl (C=O) groups excluding carboxylic acids is 4. The van der Waals surface area contributed by atoms with Crippen LogP contribution in [-0.4, -0.2) is 105 Å². The topological polar surface area (TPSA) is 247 Å². The maximum absolute atomic E-state index is 12.5. The van der Waals surface area contributed by atoms with E-state index in [0.717, 1.165) is 6.92 Å². The fraction of sp³-hybridized carbons (Fsp3) is 0.737. The normalized spacial score (nSPS) is 27.1. The second-order valence-corrected chi connectivity index (χ2v) is 7.83. The molecule has 1 rings (SSSR count). The largest absolute Gasteiger partial charge is 0.481 e. The van der Waals surface area contributed by atoms with Gasteiger partial charge in [-0.1, -0.05) is 0 Å². The number of carbonyl (C=O) groups is 5. The van der Waals surface area contributed by atoms with Gasteiger partial charge < -0.3 is 51.6 Å². The van der Waals surface area contributed by atoms with Crippen LogP contribution in [0.5, 0.6) is 0 Å². The van der Waals surface area contributed by atoms with Crippen molar-refractivity contribution in [1.29, 1.82) is 0 Å². The number of nitrogens with one attached hydrogen (secondary N) is 3. The van der Waals surface area contributed by atoms with Crippen molar-refractivity contribution in [2.45, 2.75) is 82.4 Å². The van der Waals surface area contributed by atoms with Crippen LogP contribution >= 0.6 is 0 Å². The molecule has 0 spiro atoms. The number of aliphatic carboxylic acids is 1. The lowest BCUT2D eigenvalue weighted by molar-refractivity contribution is -0.266. The van der Waals surface area contributed by atoms with Crippen LogP contribution in [0.25, 0.3) is 0 Å². The summed E-state index contributed by atoms with van der Waals surface area (Å²) in [5, 5.41) is 45.5. The number of primary amides is 1. The molecule has 0 aromatic heterocycles. The molecule has 0 aromatic carbocycles. The smallest absolute Gasteiger partial charge is 0.303 e. The Morgan fingerprint density at radius 2 is 1.71 bits per heavy atom. The highest BCUT2D eigenvalue weighted by Crippen LogP contribution is 2.23. The molecule has 4 amide bonds. The van der Waals surface area contributed by atoms with Crippen LogP contribution in [0.1, 0.15) is 33.6 Å². The summed E-state index contributed by atoms with van der Waals surface area (Å²) in [6.07, 6.45) is -7.74.